The summed E-state index contributed by atoms with van der Waals surface area (Å²) in [4.78, 5) is 50.0. The third-order valence-electron chi connectivity index (χ3n) is 7.15. The maximum atomic E-state index is 12.7. The normalized spacial score (nSPS) is 10.7. The molecule has 53 heavy (non-hydrogen) atoms. The number of nitrogens with zero attached hydrogens (tertiary/aromatic N) is 2. The molecule has 0 radical (unpaired) electrons. The van der Waals surface area contributed by atoms with Crippen molar-refractivity contribution >= 4 is 36.2 Å². The van der Waals surface area contributed by atoms with Crippen LogP contribution in [0.15, 0.2) is 83.0 Å². The van der Waals surface area contributed by atoms with E-state index in [0.717, 1.165) is 0 Å². The van der Waals surface area contributed by atoms with Crippen LogP contribution in [0.4, 0.5) is 0 Å². The zero-order valence-corrected chi connectivity index (χ0v) is 29.6. The molecule has 0 aliphatic rings. The highest BCUT2D eigenvalue weighted by atomic mass is 16.6. The number of methoxy groups -OCH3 is 6. The quantitative estimate of drug-likeness (QED) is 0.0552. The number of rotatable bonds is 16. The van der Waals surface area contributed by atoms with Gasteiger partial charge in [0.25, 0.3) is 0 Å². The summed E-state index contributed by atoms with van der Waals surface area (Å²) in [6.07, 6.45) is 2.06. The van der Waals surface area contributed by atoms with Gasteiger partial charge in [0.2, 0.25) is 11.8 Å². The number of amides is 2. The molecule has 0 spiro atoms. The lowest BCUT2D eigenvalue weighted by Gasteiger charge is -2.11. The van der Waals surface area contributed by atoms with Crippen LogP contribution >= 0.6 is 0 Å². The predicted octanol–water partition coefficient (Wildman–Crippen LogP) is 4.17. The second-order valence-corrected chi connectivity index (χ2v) is 10.5. The molecule has 0 aromatic heterocycles. The van der Waals surface area contributed by atoms with Crippen LogP contribution in [-0.4, -0.2) is 78.8 Å². The Bertz CT molecular complexity index is 1890. The van der Waals surface area contributed by atoms with Gasteiger partial charge in [-0.2, -0.15) is 10.2 Å². The molecular formula is C37H36N4O12. The van der Waals surface area contributed by atoms with Gasteiger partial charge in [-0.1, -0.05) is 0 Å². The molecule has 2 N–H and O–H groups in total. The van der Waals surface area contributed by atoms with E-state index in [-0.39, 0.29) is 34.1 Å². The lowest BCUT2D eigenvalue weighted by Crippen LogP contribution is -2.27. The van der Waals surface area contributed by atoms with Crippen LogP contribution in [0, 0.1) is 0 Å². The molecule has 0 heterocycles. The minimum Gasteiger partial charge on any atom is -0.493 e. The van der Waals surface area contributed by atoms with E-state index in [0.29, 0.717) is 34.1 Å². The van der Waals surface area contributed by atoms with Crippen LogP contribution in [0.25, 0.3) is 0 Å². The van der Waals surface area contributed by atoms with Gasteiger partial charge in [-0.3, -0.25) is 9.59 Å². The standard InChI is InChI=1S/C37H36N4O12/c1-46-26-13-9-24(17-32(26)50-5)36(44)52-28-11-7-22(15-30(28)48-3)20-38-40-34(42)19-35(43)41-39-21-23-8-12-29(31(16-23)49-4)53-37(45)25-10-14-27(47-2)33(18-25)51-6/h7-18,20-21H,19H2,1-6H3,(H,40,42)(H,41,43)/b38-20-,39-21-. The number of ether oxygens (including phenoxy) is 8. The van der Waals surface area contributed by atoms with Gasteiger partial charge in [0.05, 0.1) is 66.2 Å². The van der Waals surface area contributed by atoms with E-state index >= 15 is 0 Å². The number of hydrogen-bond donors (Lipinski definition) is 2. The van der Waals surface area contributed by atoms with Gasteiger partial charge in [0.1, 0.15) is 6.42 Å². The summed E-state index contributed by atoms with van der Waals surface area (Å²) in [5.41, 5.74) is 5.97. The fraction of sp³-hybridized carbons (Fsp3) is 0.189. The zero-order valence-electron chi connectivity index (χ0n) is 29.6. The molecule has 0 saturated carbocycles. The molecule has 0 saturated heterocycles. The Morgan fingerprint density at radius 2 is 0.811 bits per heavy atom. The Morgan fingerprint density at radius 3 is 1.17 bits per heavy atom. The van der Waals surface area contributed by atoms with E-state index in [4.69, 9.17) is 37.9 Å². The van der Waals surface area contributed by atoms with E-state index in [1.807, 2.05) is 0 Å². The maximum Gasteiger partial charge on any atom is 0.343 e. The Labute approximate surface area is 304 Å². The molecule has 0 aliphatic carbocycles. The Morgan fingerprint density at radius 1 is 0.472 bits per heavy atom. The lowest BCUT2D eigenvalue weighted by atomic mass is 10.2. The van der Waals surface area contributed by atoms with Crippen molar-refractivity contribution in [3.05, 3.63) is 95.1 Å². The molecule has 16 nitrogen and oxygen atoms in total. The summed E-state index contributed by atoms with van der Waals surface area (Å²) in [6.45, 7) is 0. The van der Waals surface area contributed by atoms with Gasteiger partial charge in [-0.25, -0.2) is 20.4 Å². The first-order chi connectivity index (χ1) is 25.6. The number of nitrogens with one attached hydrogen (secondary N) is 2. The molecular weight excluding hydrogens is 692 g/mol. The summed E-state index contributed by atoms with van der Waals surface area (Å²) < 4.78 is 42.5. The fourth-order valence-corrected chi connectivity index (χ4v) is 4.52. The van der Waals surface area contributed by atoms with Crippen LogP contribution in [0.3, 0.4) is 0 Å². The lowest BCUT2D eigenvalue weighted by molar-refractivity contribution is -0.129. The molecule has 2 amide bonds. The van der Waals surface area contributed by atoms with Crippen molar-refractivity contribution in [1.82, 2.24) is 10.9 Å². The first-order valence-corrected chi connectivity index (χ1v) is 15.5. The van der Waals surface area contributed by atoms with E-state index in [1.165, 1.54) is 104 Å². The van der Waals surface area contributed by atoms with E-state index in [2.05, 4.69) is 21.1 Å². The summed E-state index contributed by atoms with van der Waals surface area (Å²) in [7, 11) is 8.68. The summed E-state index contributed by atoms with van der Waals surface area (Å²) in [5, 5.41) is 7.72. The van der Waals surface area contributed by atoms with Gasteiger partial charge >= 0.3 is 11.9 Å². The predicted molar refractivity (Wildman–Crippen MR) is 191 cm³/mol. The fourth-order valence-electron chi connectivity index (χ4n) is 4.52. The molecule has 16 heteroatoms. The molecule has 0 atom stereocenters. The smallest absolute Gasteiger partial charge is 0.343 e. The molecule has 4 aromatic carbocycles. The first kappa shape index (κ1) is 38.7. The molecule has 0 bridgehead atoms. The van der Waals surface area contributed by atoms with Crippen molar-refractivity contribution in [1.29, 1.82) is 0 Å². The van der Waals surface area contributed by atoms with Crippen LogP contribution in [0.5, 0.6) is 46.0 Å². The maximum absolute atomic E-state index is 12.7. The van der Waals surface area contributed by atoms with Gasteiger partial charge in [-0.05, 0) is 83.9 Å². The number of esters is 2. The molecule has 0 fully saturated rings. The molecule has 276 valence electrons. The van der Waals surface area contributed by atoms with Crippen molar-refractivity contribution < 1.29 is 57.1 Å². The third kappa shape index (κ3) is 10.5. The van der Waals surface area contributed by atoms with Crippen LogP contribution in [0.1, 0.15) is 38.3 Å². The van der Waals surface area contributed by atoms with E-state index < -0.39 is 30.2 Å². The highest BCUT2D eigenvalue weighted by Crippen LogP contribution is 2.32. The Balaban J connectivity index is 1.27. The minimum atomic E-state index is -0.705. The largest absolute Gasteiger partial charge is 0.493 e. The minimum absolute atomic E-state index is 0.148. The Kier molecular flexibility index (Phi) is 13.7. The number of carbonyl (C=O) groups is 4. The topological polar surface area (TPSA) is 191 Å². The van der Waals surface area contributed by atoms with E-state index in [9.17, 15) is 19.2 Å². The highest BCUT2D eigenvalue weighted by Gasteiger charge is 2.17. The average Bonchev–Trinajstić information content (AvgIpc) is 3.17. The van der Waals surface area contributed by atoms with Gasteiger partial charge < -0.3 is 37.9 Å². The van der Waals surface area contributed by atoms with Crippen molar-refractivity contribution in [3.63, 3.8) is 0 Å². The average molecular weight is 729 g/mol. The van der Waals surface area contributed by atoms with Crippen LogP contribution in [-0.2, 0) is 9.59 Å². The van der Waals surface area contributed by atoms with E-state index in [1.54, 1.807) is 24.3 Å². The zero-order chi connectivity index (χ0) is 38.3. The summed E-state index contributed by atoms with van der Waals surface area (Å²) in [6, 6.07) is 18.5. The Hall–Kier alpha value is -7.10. The highest BCUT2D eigenvalue weighted by molar-refractivity contribution is 5.98. The van der Waals surface area contributed by atoms with Gasteiger partial charge in [0, 0.05) is 0 Å². The van der Waals surface area contributed by atoms with Crippen LogP contribution < -0.4 is 48.7 Å². The monoisotopic (exact) mass is 728 g/mol. The van der Waals surface area contributed by atoms with Crippen molar-refractivity contribution in [2.75, 3.05) is 42.7 Å². The second-order valence-electron chi connectivity index (χ2n) is 10.5. The summed E-state index contributed by atoms with van der Waals surface area (Å²) in [5.74, 6) is -0.294. The number of benzene rings is 4. The second kappa shape index (κ2) is 18.8. The van der Waals surface area contributed by atoms with Crippen molar-refractivity contribution in [2.24, 2.45) is 10.2 Å². The first-order valence-electron chi connectivity index (χ1n) is 15.5. The molecule has 4 rings (SSSR count). The van der Waals surface area contributed by atoms with Crippen molar-refractivity contribution in [2.45, 2.75) is 6.42 Å². The number of carbonyl (C=O) groups excluding carboxylic acids is 4. The third-order valence-corrected chi connectivity index (χ3v) is 7.15. The SMILES string of the molecule is COc1ccc(C(=O)Oc2ccc(/C=N\NC(=O)CC(=O)N/N=C\c3ccc(OC(=O)c4ccc(OC)c(OC)c4)c(OC)c3)cc2OC)cc1OC. The van der Waals surface area contributed by atoms with Gasteiger partial charge in [-0.15, -0.1) is 0 Å². The molecule has 4 aromatic rings. The van der Waals surface area contributed by atoms with Crippen LogP contribution in [0.2, 0.25) is 0 Å². The molecule has 0 unspecified atom stereocenters. The molecule has 0 aliphatic heterocycles. The van der Waals surface area contributed by atoms with Gasteiger partial charge in [0.15, 0.2) is 46.0 Å². The van der Waals surface area contributed by atoms with Crippen molar-refractivity contribution in [3.8, 4) is 46.0 Å². The number of hydrazone groups is 2. The number of hydrogen-bond acceptors (Lipinski definition) is 14. The summed E-state index contributed by atoms with van der Waals surface area (Å²) >= 11 is 0.